The summed E-state index contributed by atoms with van der Waals surface area (Å²) in [7, 11) is 0. The van der Waals surface area contributed by atoms with Gasteiger partial charge < -0.3 is 5.32 Å². The topological polar surface area (TPSA) is 12.0 Å². The molecule has 2 rings (SSSR count). The molecule has 100 valence electrons. The third kappa shape index (κ3) is 2.61. The normalized spacial score (nSPS) is 24.6. The molecule has 1 fully saturated rings. The van der Waals surface area contributed by atoms with E-state index in [0.29, 0.717) is 0 Å². The van der Waals surface area contributed by atoms with Gasteiger partial charge in [-0.2, -0.15) is 0 Å². The summed E-state index contributed by atoms with van der Waals surface area (Å²) in [4.78, 5) is 0. The van der Waals surface area contributed by atoms with E-state index in [4.69, 9.17) is 0 Å². The number of hydrogen-bond donors (Lipinski definition) is 1. The van der Waals surface area contributed by atoms with Gasteiger partial charge in [0.2, 0.25) is 0 Å². The first-order chi connectivity index (χ1) is 8.50. The second kappa shape index (κ2) is 5.44. The first-order valence-electron chi connectivity index (χ1n) is 7.29. The van der Waals surface area contributed by atoms with Gasteiger partial charge in [0.25, 0.3) is 0 Å². The maximum atomic E-state index is 3.57. The lowest BCUT2D eigenvalue weighted by Gasteiger charge is -2.37. The molecule has 0 bridgehead atoms. The van der Waals surface area contributed by atoms with Crippen LogP contribution in [0.15, 0.2) is 12.1 Å². The minimum atomic E-state index is 0.742. The molecule has 1 aromatic rings. The number of nitrogens with one attached hydrogen (secondary N) is 1. The van der Waals surface area contributed by atoms with Gasteiger partial charge in [-0.05, 0) is 74.7 Å². The Bertz CT molecular complexity index is 397. The molecular formula is C17H27N. The highest BCUT2D eigenvalue weighted by Crippen LogP contribution is 2.38. The van der Waals surface area contributed by atoms with Crippen molar-refractivity contribution in [1.29, 1.82) is 0 Å². The molecule has 1 heteroatoms. The molecule has 0 amide bonds. The Morgan fingerprint density at radius 1 is 1.11 bits per heavy atom. The monoisotopic (exact) mass is 245 g/mol. The summed E-state index contributed by atoms with van der Waals surface area (Å²) >= 11 is 0. The molecule has 1 aromatic carbocycles. The summed E-state index contributed by atoms with van der Waals surface area (Å²) < 4.78 is 0. The smallest absolute Gasteiger partial charge is 0.00122 e. The van der Waals surface area contributed by atoms with E-state index in [-0.39, 0.29) is 0 Å². The Labute approximate surface area is 112 Å². The van der Waals surface area contributed by atoms with Crippen LogP contribution in [0.25, 0.3) is 0 Å². The van der Waals surface area contributed by atoms with Crippen molar-refractivity contribution in [2.24, 2.45) is 11.8 Å². The molecular weight excluding hydrogens is 218 g/mol. The second-order valence-corrected chi connectivity index (χ2v) is 6.32. The van der Waals surface area contributed by atoms with E-state index < -0.39 is 0 Å². The predicted molar refractivity (Wildman–Crippen MR) is 79.2 cm³/mol. The summed E-state index contributed by atoms with van der Waals surface area (Å²) in [5, 5.41) is 3.57. The Balaban J connectivity index is 2.39. The summed E-state index contributed by atoms with van der Waals surface area (Å²) in [6, 6.07) is 4.70. The van der Waals surface area contributed by atoms with E-state index in [1.165, 1.54) is 36.2 Å². The van der Waals surface area contributed by atoms with Crippen LogP contribution in [0, 0.1) is 32.6 Å². The Morgan fingerprint density at radius 3 is 2.28 bits per heavy atom. The van der Waals surface area contributed by atoms with E-state index in [1.807, 2.05) is 0 Å². The highest BCUT2D eigenvalue weighted by molar-refractivity contribution is 5.40. The van der Waals surface area contributed by atoms with Crippen molar-refractivity contribution in [2.75, 3.05) is 13.1 Å². The molecule has 0 spiro atoms. The van der Waals surface area contributed by atoms with Crippen LogP contribution in [0.1, 0.15) is 48.4 Å². The summed E-state index contributed by atoms with van der Waals surface area (Å²) in [6.45, 7) is 13.8. The fraction of sp³-hybridized carbons (Fsp3) is 0.647. The van der Waals surface area contributed by atoms with Crippen LogP contribution in [0.4, 0.5) is 0 Å². The van der Waals surface area contributed by atoms with Gasteiger partial charge in [0.1, 0.15) is 0 Å². The summed E-state index contributed by atoms with van der Waals surface area (Å²) in [5.74, 6) is 2.27. The minimum Gasteiger partial charge on any atom is -0.316 e. The molecule has 1 N–H and O–H groups in total. The maximum Gasteiger partial charge on any atom is -0.00122 e. The number of benzene rings is 1. The molecule has 0 aliphatic carbocycles. The van der Waals surface area contributed by atoms with Gasteiger partial charge in [-0.25, -0.2) is 0 Å². The van der Waals surface area contributed by atoms with Crippen LogP contribution in [-0.2, 0) is 0 Å². The van der Waals surface area contributed by atoms with E-state index in [2.05, 4.69) is 52.1 Å². The van der Waals surface area contributed by atoms with Gasteiger partial charge in [0, 0.05) is 0 Å². The van der Waals surface area contributed by atoms with Gasteiger partial charge >= 0.3 is 0 Å². The van der Waals surface area contributed by atoms with Crippen LogP contribution in [0.2, 0.25) is 0 Å². The van der Waals surface area contributed by atoms with E-state index in [0.717, 1.165) is 17.8 Å². The Kier molecular flexibility index (Phi) is 4.11. The van der Waals surface area contributed by atoms with Crippen LogP contribution in [0.3, 0.4) is 0 Å². The summed E-state index contributed by atoms with van der Waals surface area (Å²) in [5.41, 5.74) is 6.00. The van der Waals surface area contributed by atoms with Crippen LogP contribution in [0.5, 0.6) is 0 Å². The van der Waals surface area contributed by atoms with Crippen molar-refractivity contribution >= 4 is 0 Å². The average Bonchev–Trinajstić information content (AvgIpc) is 2.28. The molecule has 2 atom stereocenters. The molecule has 0 radical (unpaired) electrons. The number of hydrogen-bond acceptors (Lipinski definition) is 1. The lowest BCUT2D eigenvalue weighted by Crippen LogP contribution is -2.38. The zero-order valence-electron chi connectivity index (χ0n) is 12.5. The van der Waals surface area contributed by atoms with Gasteiger partial charge in [0.05, 0.1) is 0 Å². The third-order valence-corrected chi connectivity index (χ3v) is 4.49. The van der Waals surface area contributed by atoms with E-state index in [9.17, 15) is 0 Å². The average molecular weight is 245 g/mol. The fourth-order valence-corrected chi connectivity index (χ4v) is 3.72. The summed E-state index contributed by atoms with van der Waals surface area (Å²) in [6.07, 6.45) is 1.29. The van der Waals surface area contributed by atoms with Crippen molar-refractivity contribution in [3.63, 3.8) is 0 Å². The van der Waals surface area contributed by atoms with Gasteiger partial charge in [0.15, 0.2) is 0 Å². The fourth-order valence-electron chi connectivity index (χ4n) is 3.72. The maximum absolute atomic E-state index is 3.57. The van der Waals surface area contributed by atoms with Crippen LogP contribution < -0.4 is 5.32 Å². The van der Waals surface area contributed by atoms with Crippen molar-refractivity contribution in [3.05, 3.63) is 34.4 Å². The van der Waals surface area contributed by atoms with E-state index >= 15 is 0 Å². The highest BCUT2D eigenvalue weighted by Gasteiger charge is 2.30. The van der Waals surface area contributed by atoms with Crippen molar-refractivity contribution in [1.82, 2.24) is 5.32 Å². The first kappa shape index (κ1) is 13.6. The molecule has 0 saturated carbocycles. The first-order valence-corrected chi connectivity index (χ1v) is 7.29. The predicted octanol–water partition coefficient (Wildman–Crippen LogP) is 3.96. The second-order valence-electron chi connectivity index (χ2n) is 6.32. The molecule has 18 heavy (non-hydrogen) atoms. The molecule has 0 aromatic heterocycles. The van der Waals surface area contributed by atoms with Crippen LogP contribution in [-0.4, -0.2) is 13.1 Å². The Morgan fingerprint density at radius 2 is 1.72 bits per heavy atom. The molecule has 2 unspecified atom stereocenters. The SMILES string of the molecule is Cc1cc(C)c(C2CCNCC2C(C)C)c(C)c1. The lowest BCUT2D eigenvalue weighted by atomic mass is 9.73. The third-order valence-electron chi connectivity index (χ3n) is 4.49. The zero-order valence-corrected chi connectivity index (χ0v) is 12.5. The van der Waals surface area contributed by atoms with Gasteiger partial charge in [-0.3, -0.25) is 0 Å². The number of aryl methyl sites for hydroxylation is 3. The van der Waals surface area contributed by atoms with Crippen molar-refractivity contribution < 1.29 is 0 Å². The molecule has 1 saturated heterocycles. The largest absolute Gasteiger partial charge is 0.316 e. The zero-order chi connectivity index (χ0) is 13.3. The van der Waals surface area contributed by atoms with Crippen LogP contribution >= 0.6 is 0 Å². The quantitative estimate of drug-likeness (QED) is 0.831. The lowest BCUT2D eigenvalue weighted by molar-refractivity contribution is 0.254. The van der Waals surface area contributed by atoms with Crippen molar-refractivity contribution in [3.8, 4) is 0 Å². The molecule has 1 nitrogen and oxygen atoms in total. The van der Waals surface area contributed by atoms with E-state index in [1.54, 1.807) is 5.56 Å². The molecule has 1 aliphatic heterocycles. The minimum absolute atomic E-state index is 0.742. The van der Waals surface area contributed by atoms with Gasteiger partial charge in [-0.1, -0.05) is 31.5 Å². The molecule has 1 heterocycles. The number of piperidine rings is 1. The highest BCUT2D eigenvalue weighted by atomic mass is 14.9. The van der Waals surface area contributed by atoms with Gasteiger partial charge in [-0.15, -0.1) is 0 Å². The molecule has 1 aliphatic rings. The number of rotatable bonds is 2. The Hall–Kier alpha value is -0.820. The van der Waals surface area contributed by atoms with Crippen molar-refractivity contribution in [2.45, 2.75) is 47.0 Å². The standard InChI is InChI=1S/C17H27N/c1-11(2)16-10-18-7-6-15(16)17-13(4)8-12(3)9-14(17)5/h8-9,11,15-16,18H,6-7,10H2,1-5H3.